The molecule has 4 rings (SSSR count). The molecule has 1 aliphatic rings. The van der Waals surface area contributed by atoms with E-state index in [0.29, 0.717) is 23.1 Å². The molecule has 27 heavy (non-hydrogen) atoms. The van der Waals surface area contributed by atoms with E-state index in [-0.39, 0.29) is 5.75 Å². The number of nitrogens with zero attached hydrogens (tertiary/aromatic N) is 4. The van der Waals surface area contributed by atoms with Crippen molar-refractivity contribution in [2.45, 2.75) is 18.8 Å². The van der Waals surface area contributed by atoms with Gasteiger partial charge in [0.1, 0.15) is 10.4 Å². The van der Waals surface area contributed by atoms with Crippen LogP contribution in [0.4, 0.5) is 5.82 Å². The molecule has 2 heterocycles. The van der Waals surface area contributed by atoms with E-state index in [0.717, 1.165) is 28.8 Å². The summed E-state index contributed by atoms with van der Waals surface area (Å²) in [4.78, 5) is 23.5. The zero-order valence-corrected chi connectivity index (χ0v) is 16.7. The minimum atomic E-state index is -3.67. The lowest BCUT2D eigenvalue weighted by Gasteiger charge is -2.14. The summed E-state index contributed by atoms with van der Waals surface area (Å²) in [7, 11) is 0.00310. The predicted octanol–water partition coefficient (Wildman–Crippen LogP) is 2.12. The van der Waals surface area contributed by atoms with Crippen molar-refractivity contribution in [1.82, 2.24) is 14.5 Å². The Morgan fingerprint density at radius 3 is 2.63 bits per heavy atom. The molecule has 0 spiro atoms. The Morgan fingerprint density at radius 1 is 1.26 bits per heavy atom. The quantitative estimate of drug-likeness (QED) is 0.599. The van der Waals surface area contributed by atoms with Crippen molar-refractivity contribution in [3.05, 3.63) is 39.8 Å². The van der Waals surface area contributed by atoms with Gasteiger partial charge in [-0.05, 0) is 25.0 Å². The van der Waals surface area contributed by atoms with Gasteiger partial charge in [-0.25, -0.2) is 14.3 Å². The van der Waals surface area contributed by atoms with Crippen LogP contribution in [-0.2, 0) is 10.1 Å². The van der Waals surface area contributed by atoms with Gasteiger partial charge < -0.3 is 9.08 Å². The molecule has 0 bridgehead atoms. The lowest BCUT2D eigenvalue weighted by molar-refractivity contribution is 0.493. The molecule has 1 aromatic carbocycles. The molecule has 0 aliphatic heterocycles. The molecule has 1 saturated carbocycles. The van der Waals surface area contributed by atoms with Crippen LogP contribution >= 0.6 is 11.3 Å². The zero-order valence-electron chi connectivity index (χ0n) is 15.0. The summed E-state index contributed by atoms with van der Waals surface area (Å²) in [5.41, 5.74) is 0.508. The molecule has 0 unspecified atom stereocenters. The average molecular weight is 406 g/mol. The summed E-state index contributed by atoms with van der Waals surface area (Å²) in [6, 6.07) is 6.34. The molecule has 0 saturated heterocycles. The SMILES string of the molecule is CN(C)c1nc(=O)n(-c2cccc(OS(C)(=O)=O)c2)c2nc(C3CC3)sc12. The lowest BCUT2D eigenvalue weighted by Crippen LogP contribution is -2.25. The van der Waals surface area contributed by atoms with Gasteiger partial charge in [-0.3, -0.25) is 0 Å². The molecule has 2 aromatic heterocycles. The minimum Gasteiger partial charge on any atom is -0.383 e. The van der Waals surface area contributed by atoms with Crippen molar-refractivity contribution in [1.29, 1.82) is 0 Å². The fraction of sp³-hybridized carbons (Fsp3) is 0.353. The summed E-state index contributed by atoms with van der Waals surface area (Å²) >= 11 is 1.55. The molecule has 1 fully saturated rings. The highest BCUT2D eigenvalue weighted by atomic mass is 32.2. The Morgan fingerprint density at radius 2 is 2.00 bits per heavy atom. The van der Waals surface area contributed by atoms with Crippen LogP contribution in [0.25, 0.3) is 16.0 Å². The number of aromatic nitrogens is 3. The predicted molar refractivity (Wildman–Crippen MR) is 105 cm³/mol. The van der Waals surface area contributed by atoms with Gasteiger partial charge in [0.2, 0.25) is 0 Å². The van der Waals surface area contributed by atoms with Gasteiger partial charge in [-0.1, -0.05) is 6.07 Å². The van der Waals surface area contributed by atoms with E-state index in [2.05, 4.69) is 4.98 Å². The molecule has 142 valence electrons. The average Bonchev–Trinajstić information content (AvgIpc) is 3.32. The molecule has 8 nitrogen and oxygen atoms in total. The Labute approximate surface area is 160 Å². The Balaban J connectivity index is 1.94. The summed E-state index contributed by atoms with van der Waals surface area (Å²) in [5.74, 6) is 1.16. The van der Waals surface area contributed by atoms with Crippen molar-refractivity contribution in [2.24, 2.45) is 0 Å². The second-order valence-electron chi connectivity index (χ2n) is 6.71. The number of hydrogen-bond donors (Lipinski definition) is 0. The minimum absolute atomic E-state index is 0.129. The summed E-state index contributed by atoms with van der Waals surface area (Å²) < 4.78 is 30.0. The van der Waals surface area contributed by atoms with Crippen LogP contribution in [0.15, 0.2) is 29.1 Å². The Bertz CT molecular complexity index is 1190. The highest BCUT2D eigenvalue weighted by molar-refractivity contribution is 7.86. The van der Waals surface area contributed by atoms with Gasteiger partial charge in [0, 0.05) is 26.1 Å². The van der Waals surface area contributed by atoms with E-state index >= 15 is 0 Å². The number of thiazole rings is 1. The van der Waals surface area contributed by atoms with Crippen LogP contribution in [0.5, 0.6) is 5.75 Å². The summed E-state index contributed by atoms with van der Waals surface area (Å²) in [6.07, 6.45) is 3.18. The second-order valence-corrected chi connectivity index (χ2v) is 9.32. The monoisotopic (exact) mass is 406 g/mol. The zero-order chi connectivity index (χ0) is 19.3. The maximum atomic E-state index is 12.8. The molecule has 0 atom stereocenters. The first-order chi connectivity index (χ1) is 12.7. The third-order valence-corrected chi connectivity index (χ3v) is 5.81. The van der Waals surface area contributed by atoms with Crippen molar-refractivity contribution >= 4 is 37.6 Å². The highest BCUT2D eigenvalue weighted by Crippen LogP contribution is 2.44. The van der Waals surface area contributed by atoms with Crippen molar-refractivity contribution in [3.8, 4) is 11.4 Å². The van der Waals surface area contributed by atoms with Crippen LogP contribution in [0.3, 0.4) is 0 Å². The summed E-state index contributed by atoms with van der Waals surface area (Å²) in [5, 5.41) is 0.998. The maximum Gasteiger partial charge on any atom is 0.355 e. The molecule has 0 N–H and O–H groups in total. The third-order valence-electron chi connectivity index (χ3n) is 4.11. The van der Waals surface area contributed by atoms with Gasteiger partial charge in [0.25, 0.3) is 0 Å². The lowest BCUT2D eigenvalue weighted by atomic mass is 10.3. The topological polar surface area (TPSA) is 94.4 Å². The number of hydrogen-bond acceptors (Lipinski definition) is 8. The molecule has 10 heteroatoms. The van der Waals surface area contributed by atoms with Crippen molar-refractivity contribution < 1.29 is 12.6 Å². The summed E-state index contributed by atoms with van der Waals surface area (Å²) in [6.45, 7) is 0. The van der Waals surface area contributed by atoms with Crippen molar-refractivity contribution in [3.63, 3.8) is 0 Å². The van der Waals surface area contributed by atoms with Gasteiger partial charge >= 0.3 is 15.8 Å². The standard InChI is InChI=1S/C17H18N4O4S2/c1-20(2)14-13-15(18-16(26-13)10-7-8-10)21(17(22)19-14)11-5-4-6-12(9-11)25-27(3,23)24/h4-6,9-10H,7-8H2,1-3H3. The molecule has 3 aromatic rings. The molecule has 1 aliphatic carbocycles. The normalized spacial score (nSPS) is 14.5. The van der Waals surface area contributed by atoms with E-state index < -0.39 is 15.8 Å². The fourth-order valence-corrected chi connectivity index (χ4v) is 4.54. The van der Waals surface area contributed by atoms with Gasteiger partial charge in [-0.2, -0.15) is 13.4 Å². The van der Waals surface area contributed by atoms with E-state index in [1.807, 2.05) is 14.1 Å². The van der Waals surface area contributed by atoms with E-state index in [1.165, 1.54) is 16.7 Å². The largest absolute Gasteiger partial charge is 0.383 e. The highest BCUT2D eigenvalue weighted by Gasteiger charge is 2.29. The molecular formula is C17H18N4O4S2. The third kappa shape index (κ3) is 3.54. The van der Waals surface area contributed by atoms with Crippen LogP contribution in [0.2, 0.25) is 0 Å². The maximum absolute atomic E-state index is 12.8. The number of anilines is 1. The smallest absolute Gasteiger partial charge is 0.355 e. The van der Waals surface area contributed by atoms with Crippen LogP contribution < -0.4 is 14.8 Å². The first-order valence-electron chi connectivity index (χ1n) is 8.33. The molecule has 0 radical (unpaired) electrons. The number of rotatable bonds is 5. The molecule has 0 amide bonds. The molecular weight excluding hydrogens is 388 g/mol. The first kappa shape index (κ1) is 17.9. The van der Waals surface area contributed by atoms with Crippen molar-refractivity contribution in [2.75, 3.05) is 25.3 Å². The first-order valence-corrected chi connectivity index (χ1v) is 11.0. The van der Waals surface area contributed by atoms with E-state index in [4.69, 9.17) is 9.17 Å². The van der Waals surface area contributed by atoms with E-state index in [9.17, 15) is 13.2 Å². The Hall–Kier alpha value is -2.46. The second kappa shape index (κ2) is 6.31. The van der Waals surface area contributed by atoms with Gasteiger partial charge in [-0.15, -0.1) is 11.3 Å². The van der Waals surface area contributed by atoms with Gasteiger partial charge in [0.05, 0.1) is 17.0 Å². The van der Waals surface area contributed by atoms with E-state index in [1.54, 1.807) is 28.4 Å². The van der Waals surface area contributed by atoms with Gasteiger partial charge in [0.15, 0.2) is 11.5 Å². The fourth-order valence-electron chi connectivity index (χ4n) is 2.80. The Kier molecular flexibility index (Phi) is 4.19. The van der Waals surface area contributed by atoms with Crippen LogP contribution in [0, 0.1) is 0 Å². The van der Waals surface area contributed by atoms with Crippen LogP contribution in [-0.4, -0.2) is 43.3 Å². The number of benzene rings is 1. The number of fused-ring (bicyclic) bond motifs is 1. The van der Waals surface area contributed by atoms with Crippen LogP contribution in [0.1, 0.15) is 23.8 Å².